The number of rotatable bonds is 9. The van der Waals surface area contributed by atoms with Gasteiger partial charge in [0.05, 0.1) is 29.7 Å². The van der Waals surface area contributed by atoms with Gasteiger partial charge in [0, 0.05) is 55.6 Å². The molecule has 0 spiro atoms. The Morgan fingerprint density at radius 3 is 2.64 bits per heavy atom. The van der Waals surface area contributed by atoms with E-state index in [1.54, 1.807) is 0 Å². The van der Waals surface area contributed by atoms with Gasteiger partial charge in [0.2, 0.25) is 0 Å². The third-order valence-corrected chi connectivity index (χ3v) is 10.9. The summed E-state index contributed by atoms with van der Waals surface area (Å²) in [6.45, 7) is 8.89. The van der Waals surface area contributed by atoms with Crippen molar-refractivity contribution in [1.29, 1.82) is 0 Å². The fourth-order valence-electron chi connectivity index (χ4n) is 8.60. The number of hydrogen-bond donors (Lipinski definition) is 1. The Hall–Kier alpha value is -3.85. The minimum absolute atomic E-state index is 0.159. The van der Waals surface area contributed by atoms with E-state index >= 15 is 0 Å². The summed E-state index contributed by atoms with van der Waals surface area (Å²) in [4.78, 5) is 17.9. The van der Waals surface area contributed by atoms with Crippen molar-refractivity contribution in [2.75, 3.05) is 54.4 Å². The molecule has 1 atom stereocenters. The standard InChI is InChI=1S/C36H46N8O/c1-3-26-9-4-10-27-11-5-13-32(33(26)27)42-20-14-30-31(24-42)39-35(45-25-36-15-7-17-43(36)18-8-16-36)40-34(30)37-21-28-12-6-19-44(28)29-22-38-41(2)23-29/h4-5,9-11,13,22-23,28H,3,6-8,12,14-21,24-25H2,1-2H3,(H,37,39,40)/t28-/m1/s1. The van der Waals surface area contributed by atoms with Crippen LogP contribution in [-0.2, 0) is 26.4 Å². The first kappa shape index (κ1) is 28.6. The van der Waals surface area contributed by atoms with Crippen LogP contribution in [-0.4, -0.2) is 75.6 Å². The molecule has 2 aromatic carbocycles. The highest BCUT2D eigenvalue weighted by Crippen LogP contribution is 2.40. The molecule has 3 saturated heterocycles. The number of benzene rings is 2. The van der Waals surface area contributed by atoms with Crippen molar-refractivity contribution in [1.82, 2.24) is 24.6 Å². The van der Waals surface area contributed by atoms with E-state index in [2.05, 4.69) is 74.6 Å². The molecule has 0 radical (unpaired) electrons. The number of nitrogens with one attached hydrogen (secondary N) is 1. The molecule has 2 aromatic heterocycles. The molecule has 8 rings (SSSR count). The third-order valence-electron chi connectivity index (χ3n) is 10.9. The number of aromatic nitrogens is 4. The van der Waals surface area contributed by atoms with Gasteiger partial charge in [0.25, 0.3) is 0 Å². The lowest BCUT2D eigenvalue weighted by atomic mass is 9.95. The Kier molecular flexibility index (Phi) is 7.52. The van der Waals surface area contributed by atoms with E-state index in [-0.39, 0.29) is 5.54 Å². The van der Waals surface area contributed by atoms with Crippen LogP contribution in [0.3, 0.4) is 0 Å². The molecule has 6 heterocycles. The van der Waals surface area contributed by atoms with Crippen LogP contribution in [0.1, 0.15) is 62.3 Å². The Morgan fingerprint density at radius 2 is 1.84 bits per heavy atom. The van der Waals surface area contributed by atoms with E-state index in [1.807, 2.05) is 17.9 Å². The lowest BCUT2D eigenvalue weighted by Gasteiger charge is -2.34. The minimum Gasteiger partial charge on any atom is -0.461 e. The van der Waals surface area contributed by atoms with Gasteiger partial charge in [-0.1, -0.05) is 37.3 Å². The Balaban J connectivity index is 1.09. The summed E-state index contributed by atoms with van der Waals surface area (Å²) in [5.74, 6) is 0.951. The molecule has 0 amide bonds. The van der Waals surface area contributed by atoms with Crippen LogP contribution in [0, 0.1) is 0 Å². The number of ether oxygens (including phenoxy) is 1. The van der Waals surface area contributed by atoms with Gasteiger partial charge < -0.3 is 19.9 Å². The summed E-state index contributed by atoms with van der Waals surface area (Å²) in [5, 5.41) is 10.9. The molecule has 4 aliphatic rings. The SMILES string of the molecule is CCc1cccc2cccc(N3CCc4c(nc(OCC56CCCN5CCC6)nc4NC[C@H]4CCCN4c4cnn(C)c4)C3)c12. The second-order valence-electron chi connectivity index (χ2n) is 13.5. The van der Waals surface area contributed by atoms with E-state index in [4.69, 9.17) is 14.7 Å². The summed E-state index contributed by atoms with van der Waals surface area (Å²) >= 11 is 0. The fourth-order valence-corrected chi connectivity index (χ4v) is 8.60. The van der Waals surface area contributed by atoms with Crippen molar-refractivity contribution in [2.24, 2.45) is 7.05 Å². The van der Waals surface area contributed by atoms with Gasteiger partial charge in [-0.3, -0.25) is 9.58 Å². The second kappa shape index (κ2) is 11.8. The smallest absolute Gasteiger partial charge is 0.318 e. The summed E-state index contributed by atoms with van der Waals surface area (Å²) in [5.41, 5.74) is 6.38. The average Bonchev–Trinajstić information content (AvgIpc) is 3.87. The van der Waals surface area contributed by atoms with Gasteiger partial charge in [-0.15, -0.1) is 0 Å². The molecule has 4 aliphatic heterocycles. The van der Waals surface area contributed by atoms with Crippen molar-refractivity contribution in [3.63, 3.8) is 0 Å². The molecular weight excluding hydrogens is 560 g/mol. The van der Waals surface area contributed by atoms with Crippen molar-refractivity contribution in [3.05, 3.63) is 65.6 Å². The second-order valence-corrected chi connectivity index (χ2v) is 13.5. The number of nitrogens with zero attached hydrogens (tertiary/aromatic N) is 7. The number of hydrogen-bond acceptors (Lipinski definition) is 8. The van der Waals surface area contributed by atoms with E-state index in [0.717, 1.165) is 57.0 Å². The lowest BCUT2D eigenvalue weighted by Crippen LogP contribution is -2.43. The van der Waals surface area contributed by atoms with Crippen LogP contribution in [0.5, 0.6) is 6.01 Å². The molecule has 0 unspecified atom stereocenters. The maximum Gasteiger partial charge on any atom is 0.318 e. The van der Waals surface area contributed by atoms with Gasteiger partial charge in [-0.2, -0.15) is 15.1 Å². The van der Waals surface area contributed by atoms with E-state index in [1.165, 1.54) is 78.5 Å². The highest BCUT2D eigenvalue weighted by Gasteiger charge is 2.45. The predicted octanol–water partition coefficient (Wildman–Crippen LogP) is 5.58. The molecule has 0 aliphatic carbocycles. The molecule has 4 aromatic rings. The lowest BCUT2D eigenvalue weighted by molar-refractivity contribution is 0.107. The topological polar surface area (TPSA) is 74.6 Å². The van der Waals surface area contributed by atoms with Gasteiger partial charge in [-0.25, -0.2) is 0 Å². The molecule has 0 saturated carbocycles. The largest absolute Gasteiger partial charge is 0.461 e. The number of anilines is 3. The third kappa shape index (κ3) is 5.29. The Labute approximate surface area is 266 Å². The van der Waals surface area contributed by atoms with Crippen molar-refractivity contribution >= 4 is 28.0 Å². The zero-order valence-electron chi connectivity index (χ0n) is 26.8. The molecule has 3 fully saturated rings. The number of fused-ring (bicyclic) bond motifs is 3. The number of aryl methyl sites for hydroxylation is 2. The summed E-state index contributed by atoms with van der Waals surface area (Å²) < 4.78 is 8.46. The Morgan fingerprint density at radius 1 is 1.00 bits per heavy atom. The molecular formula is C36H46N8O. The van der Waals surface area contributed by atoms with E-state index < -0.39 is 0 Å². The normalized spacial score (nSPS) is 21.0. The average molecular weight is 607 g/mol. The first-order valence-corrected chi connectivity index (χ1v) is 17.1. The zero-order valence-corrected chi connectivity index (χ0v) is 26.8. The highest BCUT2D eigenvalue weighted by atomic mass is 16.5. The maximum atomic E-state index is 6.57. The molecule has 236 valence electrons. The molecule has 1 N–H and O–H groups in total. The first-order chi connectivity index (χ1) is 22.1. The van der Waals surface area contributed by atoms with Gasteiger partial charge in [-0.05, 0) is 81.5 Å². The van der Waals surface area contributed by atoms with Gasteiger partial charge >= 0.3 is 6.01 Å². The molecule has 0 bridgehead atoms. The Bertz CT molecular complexity index is 1670. The van der Waals surface area contributed by atoms with Crippen molar-refractivity contribution in [2.45, 2.75) is 76.4 Å². The minimum atomic E-state index is 0.159. The van der Waals surface area contributed by atoms with Crippen LogP contribution >= 0.6 is 0 Å². The van der Waals surface area contributed by atoms with Crippen molar-refractivity contribution in [3.8, 4) is 6.01 Å². The van der Waals surface area contributed by atoms with Crippen LogP contribution in [0.25, 0.3) is 10.8 Å². The molecule has 45 heavy (non-hydrogen) atoms. The fraction of sp³-hybridized carbons (Fsp3) is 0.528. The van der Waals surface area contributed by atoms with E-state index in [9.17, 15) is 0 Å². The van der Waals surface area contributed by atoms with Crippen LogP contribution < -0.4 is 19.9 Å². The summed E-state index contributed by atoms with van der Waals surface area (Å²) in [6.07, 6.45) is 13.3. The highest BCUT2D eigenvalue weighted by molar-refractivity contribution is 5.97. The predicted molar refractivity (Wildman–Crippen MR) is 180 cm³/mol. The van der Waals surface area contributed by atoms with Crippen LogP contribution in [0.4, 0.5) is 17.2 Å². The van der Waals surface area contributed by atoms with Crippen molar-refractivity contribution < 1.29 is 4.74 Å². The van der Waals surface area contributed by atoms with E-state index in [0.29, 0.717) is 18.7 Å². The molecule has 9 nitrogen and oxygen atoms in total. The van der Waals surface area contributed by atoms with Gasteiger partial charge in [0.15, 0.2) is 0 Å². The molecule has 9 heteroatoms. The zero-order chi connectivity index (χ0) is 30.4. The first-order valence-electron chi connectivity index (χ1n) is 17.1. The van der Waals surface area contributed by atoms with Gasteiger partial charge in [0.1, 0.15) is 12.4 Å². The van der Waals surface area contributed by atoms with Crippen LogP contribution in [0.2, 0.25) is 0 Å². The van der Waals surface area contributed by atoms with Crippen LogP contribution in [0.15, 0.2) is 48.8 Å². The quantitative estimate of drug-likeness (QED) is 0.265. The maximum absolute atomic E-state index is 6.57. The summed E-state index contributed by atoms with van der Waals surface area (Å²) in [7, 11) is 1.99. The summed E-state index contributed by atoms with van der Waals surface area (Å²) in [6, 6.07) is 14.3. The monoisotopic (exact) mass is 606 g/mol.